The molecule has 2 aromatic heterocycles. The van der Waals surface area contributed by atoms with Crippen LogP contribution in [-0.2, 0) is 16.6 Å². The van der Waals surface area contributed by atoms with Crippen LogP contribution in [0.5, 0.6) is 0 Å². The molecule has 1 amide bonds. The van der Waals surface area contributed by atoms with Crippen molar-refractivity contribution in [2.75, 3.05) is 13.1 Å². The molecule has 3 heterocycles. The number of sulfonamides is 1. The van der Waals surface area contributed by atoms with E-state index in [1.807, 2.05) is 24.3 Å². The summed E-state index contributed by atoms with van der Waals surface area (Å²) in [6.07, 6.45) is 2.74. The number of nitrogens with one attached hydrogen (secondary N) is 2. The van der Waals surface area contributed by atoms with Crippen molar-refractivity contribution in [1.29, 1.82) is 0 Å². The molecule has 10 heteroatoms. The summed E-state index contributed by atoms with van der Waals surface area (Å²) in [6.45, 7) is 2.76. The lowest BCUT2D eigenvalue weighted by atomic mass is 10.0. The van der Waals surface area contributed by atoms with E-state index < -0.39 is 10.0 Å². The van der Waals surface area contributed by atoms with Crippen LogP contribution in [0.1, 0.15) is 40.6 Å². The smallest absolute Gasteiger partial charge is 0.326 e. The van der Waals surface area contributed by atoms with Gasteiger partial charge in [0.25, 0.3) is 5.91 Å². The SMILES string of the molecule is Cc1ccc(S(=O)(=O)NCc2ccco2)cc1C(=O)N1CCC(n2c(=O)[nH]c3ccccc32)CC1. The number of aromatic nitrogens is 2. The normalized spacial score (nSPS) is 15.1. The molecule has 0 spiro atoms. The Bertz CT molecular complexity index is 1530. The largest absolute Gasteiger partial charge is 0.468 e. The average molecular weight is 495 g/mol. The van der Waals surface area contributed by atoms with Gasteiger partial charge in [0, 0.05) is 24.7 Å². The number of hydrogen-bond donors (Lipinski definition) is 2. The van der Waals surface area contributed by atoms with Crippen LogP contribution in [0, 0.1) is 6.92 Å². The molecular formula is C25H26N4O5S. The Kier molecular flexibility index (Phi) is 6.08. The molecule has 0 aliphatic carbocycles. The van der Waals surface area contributed by atoms with Gasteiger partial charge in [-0.05, 0) is 61.7 Å². The Morgan fingerprint density at radius 1 is 1.11 bits per heavy atom. The van der Waals surface area contributed by atoms with Crippen molar-refractivity contribution < 1.29 is 17.6 Å². The van der Waals surface area contributed by atoms with E-state index in [9.17, 15) is 18.0 Å². The molecule has 182 valence electrons. The number of carbonyl (C=O) groups is 1. The number of amides is 1. The lowest BCUT2D eigenvalue weighted by molar-refractivity contribution is 0.0694. The van der Waals surface area contributed by atoms with Gasteiger partial charge in [-0.15, -0.1) is 0 Å². The minimum Gasteiger partial charge on any atom is -0.468 e. The van der Waals surface area contributed by atoms with Crippen molar-refractivity contribution in [3.63, 3.8) is 0 Å². The van der Waals surface area contributed by atoms with E-state index >= 15 is 0 Å². The van der Waals surface area contributed by atoms with Crippen LogP contribution in [0.25, 0.3) is 11.0 Å². The summed E-state index contributed by atoms with van der Waals surface area (Å²) in [5, 5.41) is 0. The Morgan fingerprint density at radius 2 is 1.89 bits per heavy atom. The maximum atomic E-state index is 13.3. The van der Waals surface area contributed by atoms with Crippen molar-refractivity contribution in [3.8, 4) is 0 Å². The number of carbonyl (C=O) groups excluding carboxylic acids is 1. The summed E-state index contributed by atoms with van der Waals surface area (Å²) < 4.78 is 35.0. The highest BCUT2D eigenvalue weighted by Crippen LogP contribution is 2.27. The second-order valence-corrected chi connectivity index (χ2v) is 10.5. The number of benzene rings is 2. The summed E-state index contributed by atoms with van der Waals surface area (Å²) in [7, 11) is -3.83. The first kappa shape index (κ1) is 23.1. The summed E-state index contributed by atoms with van der Waals surface area (Å²) in [4.78, 5) is 30.5. The Morgan fingerprint density at radius 3 is 2.63 bits per heavy atom. The summed E-state index contributed by atoms with van der Waals surface area (Å²) in [6, 6.07) is 15.5. The number of likely N-dealkylation sites (tertiary alicyclic amines) is 1. The minimum atomic E-state index is -3.83. The van der Waals surface area contributed by atoms with Crippen LogP contribution in [0.4, 0.5) is 0 Å². The number of para-hydroxylation sites is 2. The van der Waals surface area contributed by atoms with Crippen LogP contribution < -0.4 is 10.4 Å². The van der Waals surface area contributed by atoms with E-state index in [0.29, 0.717) is 42.8 Å². The van der Waals surface area contributed by atoms with E-state index in [2.05, 4.69) is 9.71 Å². The van der Waals surface area contributed by atoms with Gasteiger partial charge in [-0.25, -0.2) is 17.9 Å². The highest BCUT2D eigenvalue weighted by molar-refractivity contribution is 7.89. The minimum absolute atomic E-state index is 0.0127. The van der Waals surface area contributed by atoms with E-state index in [-0.39, 0.29) is 29.1 Å². The number of nitrogens with zero attached hydrogens (tertiary/aromatic N) is 2. The molecule has 2 aromatic carbocycles. The molecule has 1 saturated heterocycles. The third-order valence-corrected chi connectivity index (χ3v) is 7.91. The number of imidazole rings is 1. The Hall–Kier alpha value is -3.63. The van der Waals surface area contributed by atoms with Crippen LogP contribution in [0.15, 0.2) is 75.0 Å². The predicted molar refractivity (Wildman–Crippen MR) is 131 cm³/mol. The topological polar surface area (TPSA) is 117 Å². The van der Waals surface area contributed by atoms with Crippen molar-refractivity contribution in [3.05, 3.63) is 88.2 Å². The van der Waals surface area contributed by atoms with Gasteiger partial charge in [0.15, 0.2) is 0 Å². The number of hydrogen-bond acceptors (Lipinski definition) is 5. The molecule has 5 rings (SSSR count). The van der Waals surface area contributed by atoms with Crippen LogP contribution in [0.2, 0.25) is 0 Å². The molecule has 2 N–H and O–H groups in total. The molecule has 35 heavy (non-hydrogen) atoms. The van der Waals surface area contributed by atoms with Gasteiger partial charge in [-0.1, -0.05) is 18.2 Å². The maximum absolute atomic E-state index is 13.3. The molecular weight excluding hydrogens is 468 g/mol. The standard InChI is InChI=1S/C25H26N4O5S/c1-17-8-9-20(35(32,33)26-16-19-5-4-14-34-19)15-21(17)24(30)28-12-10-18(11-13-28)29-23-7-3-2-6-22(23)27-25(29)31/h2-9,14-15,18,26H,10-13,16H2,1H3,(H,27,31). The van der Waals surface area contributed by atoms with Gasteiger partial charge in [0.2, 0.25) is 10.0 Å². The maximum Gasteiger partial charge on any atom is 0.326 e. The average Bonchev–Trinajstić information content (AvgIpc) is 3.49. The van der Waals surface area contributed by atoms with E-state index in [1.165, 1.54) is 18.4 Å². The lowest BCUT2D eigenvalue weighted by Gasteiger charge is -2.33. The number of aromatic amines is 1. The molecule has 1 aliphatic heterocycles. The van der Waals surface area contributed by atoms with E-state index in [1.54, 1.807) is 34.6 Å². The Labute approximate surface area is 202 Å². The third kappa shape index (κ3) is 4.54. The van der Waals surface area contributed by atoms with E-state index in [4.69, 9.17) is 4.42 Å². The first-order valence-electron chi connectivity index (χ1n) is 11.4. The van der Waals surface area contributed by atoms with Gasteiger partial charge in [0.05, 0.1) is 28.7 Å². The second kappa shape index (κ2) is 9.20. The number of fused-ring (bicyclic) bond motifs is 1. The number of aryl methyl sites for hydroxylation is 1. The highest BCUT2D eigenvalue weighted by atomic mass is 32.2. The summed E-state index contributed by atoms with van der Waals surface area (Å²) in [5.74, 6) is 0.282. The van der Waals surface area contributed by atoms with Gasteiger partial charge >= 0.3 is 5.69 Å². The van der Waals surface area contributed by atoms with Crippen molar-refractivity contribution in [2.45, 2.75) is 37.2 Å². The van der Waals surface area contributed by atoms with Crippen LogP contribution in [0.3, 0.4) is 0 Å². The molecule has 0 atom stereocenters. The zero-order valence-electron chi connectivity index (χ0n) is 19.2. The third-order valence-electron chi connectivity index (χ3n) is 6.51. The quantitative estimate of drug-likeness (QED) is 0.427. The fourth-order valence-corrected chi connectivity index (χ4v) is 5.61. The van der Waals surface area contributed by atoms with Gasteiger partial charge in [-0.3, -0.25) is 9.36 Å². The molecule has 0 radical (unpaired) electrons. The molecule has 0 bridgehead atoms. The summed E-state index contributed by atoms with van der Waals surface area (Å²) >= 11 is 0. The zero-order chi connectivity index (χ0) is 24.6. The fraction of sp³-hybridized carbons (Fsp3) is 0.280. The van der Waals surface area contributed by atoms with Gasteiger partial charge in [0.1, 0.15) is 5.76 Å². The fourth-order valence-electron chi connectivity index (χ4n) is 4.60. The number of rotatable bonds is 6. The molecule has 1 aliphatic rings. The lowest BCUT2D eigenvalue weighted by Crippen LogP contribution is -2.40. The van der Waals surface area contributed by atoms with Crippen LogP contribution >= 0.6 is 0 Å². The number of piperidine rings is 1. The highest BCUT2D eigenvalue weighted by Gasteiger charge is 2.28. The van der Waals surface area contributed by atoms with E-state index in [0.717, 1.165) is 11.0 Å². The second-order valence-electron chi connectivity index (χ2n) is 8.72. The monoisotopic (exact) mass is 494 g/mol. The first-order chi connectivity index (χ1) is 16.8. The number of H-pyrrole nitrogens is 1. The predicted octanol–water partition coefficient (Wildman–Crippen LogP) is 3.19. The van der Waals surface area contributed by atoms with Crippen LogP contribution in [-0.4, -0.2) is 41.9 Å². The van der Waals surface area contributed by atoms with Crippen molar-refractivity contribution >= 4 is 27.0 Å². The molecule has 4 aromatic rings. The Balaban J connectivity index is 1.31. The van der Waals surface area contributed by atoms with Crippen molar-refractivity contribution in [1.82, 2.24) is 19.2 Å². The molecule has 9 nitrogen and oxygen atoms in total. The number of furan rings is 1. The molecule has 0 saturated carbocycles. The summed E-state index contributed by atoms with van der Waals surface area (Å²) in [5.41, 5.74) is 2.57. The molecule has 1 fully saturated rings. The van der Waals surface area contributed by atoms with Gasteiger partial charge in [-0.2, -0.15) is 0 Å². The van der Waals surface area contributed by atoms with Crippen molar-refractivity contribution in [2.24, 2.45) is 0 Å². The molecule has 0 unspecified atom stereocenters. The first-order valence-corrected chi connectivity index (χ1v) is 12.9. The zero-order valence-corrected chi connectivity index (χ0v) is 20.0. The van der Waals surface area contributed by atoms with Gasteiger partial charge < -0.3 is 14.3 Å².